The van der Waals surface area contributed by atoms with E-state index in [9.17, 15) is 0 Å². The van der Waals surface area contributed by atoms with Crippen LogP contribution in [0.4, 0.5) is 5.95 Å². The molecule has 3 rings (SSSR count). The zero-order valence-corrected chi connectivity index (χ0v) is 12.7. The summed E-state index contributed by atoms with van der Waals surface area (Å²) in [6.07, 6.45) is 0. The van der Waals surface area contributed by atoms with Crippen LogP contribution < -0.4 is 15.4 Å². The minimum absolute atomic E-state index is 0.377. The average Bonchev–Trinajstić information content (AvgIpc) is 2.62. The first-order valence-electron chi connectivity index (χ1n) is 7.36. The molecule has 2 heterocycles. The van der Waals surface area contributed by atoms with Crippen LogP contribution in [0.3, 0.4) is 0 Å². The standard InChI is InChI=1S/C16H20N4O2/c1-21-15-5-3-2-4-13(15)14-10-12(11-17)18-16(19-14)20-6-8-22-9-7-20/h2-5,10H,6-9,11,17H2,1H3. The van der Waals surface area contributed by atoms with E-state index in [1.165, 1.54) is 0 Å². The van der Waals surface area contributed by atoms with Gasteiger partial charge in [0.25, 0.3) is 0 Å². The van der Waals surface area contributed by atoms with Gasteiger partial charge < -0.3 is 20.1 Å². The zero-order chi connectivity index (χ0) is 15.4. The fourth-order valence-corrected chi connectivity index (χ4v) is 2.49. The van der Waals surface area contributed by atoms with Crippen LogP contribution in [0.1, 0.15) is 5.69 Å². The predicted molar refractivity (Wildman–Crippen MR) is 84.9 cm³/mol. The van der Waals surface area contributed by atoms with Gasteiger partial charge in [0, 0.05) is 25.2 Å². The maximum absolute atomic E-state index is 5.80. The molecule has 0 saturated carbocycles. The molecule has 1 aliphatic rings. The lowest BCUT2D eigenvalue weighted by Gasteiger charge is -2.27. The van der Waals surface area contributed by atoms with Crippen molar-refractivity contribution in [1.82, 2.24) is 9.97 Å². The van der Waals surface area contributed by atoms with Crippen molar-refractivity contribution in [2.75, 3.05) is 38.3 Å². The molecule has 1 fully saturated rings. The van der Waals surface area contributed by atoms with Crippen molar-refractivity contribution in [3.05, 3.63) is 36.0 Å². The predicted octanol–water partition coefficient (Wildman–Crippen LogP) is 1.45. The lowest BCUT2D eigenvalue weighted by molar-refractivity contribution is 0.122. The first-order chi connectivity index (χ1) is 10.8. The van der Waals surface area contributed by atoms with E-state index in [4.69, 9.17) is 20.2 Å². The number of benzene rings is 1. The van der Waals surface area contributed by atoms with Crippen LogP contribution in [-0.2, 0) is 11.3 Å². The molecule has 0 bridgehead atoms. The van der Waals surface area contributed by atoms with Gasteiger partial charge >= 0.3 is 0 Å². The van der Waals surface area contributed by atoms with Gasteiger partial charge in [0.15, 0.2) is 0 Å². The molecular weight excluding hydrogens is 280 g/mol. The first-order valence-corrected chi connectivity index (χ1v) is 7.36. The Kier molecular flexibility index (Phi) is 4.50. The van der Waals surface area contributed by atoms with Crippen molar-refractivity contribution in [3.8, 4) is 17.0 Å². The van der Waals surface area contributed by atoms with Gasteiger partial charge in [-0.2, -0.15) is 0 Å². The molecular formula is C16H20N4O2. The topological polar surface area (TPSA) is 73.5 Å². The SMILES string of the molecule is COc1ccccc1-c1cc(CN)nc(N2CCOCC2)n1. The third-order valence-electron chi connectivity index (χ3n) is 3.65. The number of hydrogen-bond acceptors (Lipinski definition) is 6. The van der Waals surface area contributed by atoms with E-state index in [1.807, 2.05) is 30.3 Å². The average molecular weight is 300 g/mol. The summed E-state index contributed by atoms with van der Waals surface area (Å²) in [7, 11) is 1.66. The molecule has 6 heteroatoms. The van der Waals surface area contributed by atoms with E-state index in [0.29, 0.717) is 25.7 Å². The fraction of sp³-hybridized carbons (Fsp3) is 0.375. The first kappa shape index (κ1) is 14.7. The van der Waals surface area contributed by atoms with Crippen molar-refractivity contribution in [2.45, 2.75) is 6.54 Å². The van der Waals surface area contributed by atoms with E-state index >= 15 is 0 Å². The number of anilines is 1. The van der Waals surface area contributed by atoms with E-state index in [0.717, 1.165) is 35.8 Å². The Morgan fingerprint density at radius 1 is 1.23 bits per heavy atom. The summed E-state index contributed by atoms with van der Waals surface area (Å²) in [5, 5.41) is 0. The molecule has 0 atom stereocenters. The molecule has 0 amide bonds. The van der Waals surface area contributed by atoms with Gasteiger partial charge in [0.1, 0.15) is 5.75 Å². The molecule has 116 valence electrons. The van der Waals surface area contributed by atoms with Crippen LogP contribution >= 0.6 is 0 Å². The molecule has 0 aliphatic carbocycles. The highest BCUT2D eigenvalue weighted by Gasteiger charge is 2.17. The molecule has 1 aliphatic heterocycles. The number of rotatable bonds is 4. The highest BCUT2D eigenvalue weighted by molar-refractivity contribution is 5.68. The van der Waals surface area contributed by atoms with Crippen LogP contribution in [0.25, 0.3) is 11.3 Å². The summed E-state index contributed by atoms with van der Waals surface area (Å²) in [4.78, 5) is 11.4. The van der Waals surface area contributed by atoms with Crippen molar-refractivity contribution in [2.24, 2.45) is 5.73 Å². The summed E-state index contributed by atoms with van der Waals surface area (Å²) in [5.74, 6) is 1.49. The number of aromatic nitrogens is 2. The second kappa shape index (κ2) is 6.72. The summed E-state index contributed by atoms with van der Waals surface area (Å²) >= 11 is 0. The number of morpholine rings is 1. The summed E-state index contributed by atoms with van der Waals surface area (Å²) < 4.78 is 10.8. The van der Waals surface area contributed by atoms with Crippen LogP contribution in [-0.4, -0.2) is 43.4 Å². The highest BCUT2D eigenvalue weighted by Crippen LogP contribution is 2.29. The largest absolute Gasteiger partial charge is 0.496 e. The smallest absolute Gasteiger partial charge is 0.226 e. The molecule has 1 aromatic heterocycles. The van der Waals surface area contributed by atoms with Gasteiger partial charge in [0.2, 0.25) is 5.95 Å². The molecule has 0 radical (unpaired) electrons. The third kappa shape index (κ3) is 3.03. The summed E-state index contributed by atoms with van der Waals surface area (Å²) in [6, 6.07) is 9.74. The van der Waals surface area contributed by atoms with Gasteiger partial charge in [0.05, 0.1) is 31.7 Å². The van der Waals surface area contributed by atoms with Gasteiger partial charge in [-0.25, -0.2) is 9.97 Å². The van der Waals surface area contributed by atoms with Crippen molar-refractivity contribution in [3.63, 3.8) is 0 Å². The van der Waals surface area contributed by atoms with Crippen LogP contribution in [0.2, 0.25) is 0 Å². The molecule has 1 aromatic carbocycles. The van der Waals surface area contributed by atoms with E-state index in [1.54, 1.807) is 7.11 Å². The Morgan fingerprint density at radius 3 is 2.73 bits per heavy atom. The molecule has 22 heavy (non-hydrogen) atoms. The quantitative estimate of drug-likeness (QED) is 0.921. The number of ether oxygens (including phenoxy) is 2. The Balaban J connectivity index is 2.03. The van der Waals surface area contributed by atoms with Crippen molar-refractivity contribution in [1.29, 1.82) is 0 Å². The van der Waals surface area contributed by atoms with Crippen LogP contribution in [0, 0.1) is 0 Å². The lowest BCUT2D eigenvalue weighted by Crippen LogP contribution is -2.37. The van der Waals surface area contributed by atoms with Gasteiger partial charge in [-0.1, -0.05) is 12.1 Å². The molecule has 6 nitrogen and oxygen atoms in total. The van der Waals surface area contributed by atoms with Gasteiger partial charge in [-0.05, 0) is 18.2 Å². The number of nitrogens with zero attached hydrogens (tertiary/aromatic N) is 3. The van der Waals surface area contributed by atoms with Crippen molar-refractivity contribution >= 4 is 5.95 Å². The maximum Gasteiger partial charge on any atom is 0.226 e. The minimum atomic E-state index is 0.377. The number of para-hydroxylation sites is 1. The number of hydrogen-bond donors (Lipinski definition) is 1. The minimum Gasteiger partial charge on any atom is -0.496 e. The van der Waals surface area contributed by atoms with Gasteiger partial charge in [-0.15, -0.1) is 0 Å². The number of nitrogens with two attached hydrogens (primary N) is 1. The summed E-state index contributed by atoms with van der Waals surface area (Å²) in [5.41, 5.74) is 8.39. The summed E-state index contributed by atoms with van der Waals surface area (Å²) in [6.45, 7) is 3.35. The molecule has 0 spiro atoms. The Labute approximate surface area is 129 Å². The maximum atomic E-state index is 5.80. The molecule has 2 aromatic rings. The van der Waals surface area contributed by atoms with Crippen LogP contribution in [0.15, 0.2) is 30.3 Å². The van der Waals surface area contributed by atoms with Crippen molar-refractivity contribution < 1.29 is 9.47 Å². The van der Waals surface area contributed by atoms with E-state index in [2.05, 4.69) is 9.88 Å². The second-order valence-corrected chi connectivity index (χ2v) is 5.05. The second-order valence-electron chi connectivity index (χ2n) is 5.05. The fourth-order valence-electron chi connectivity index (χ4n) is 2.49. The Hall–Kier alpha value is -2.18. The van der Waals surface area contributed by atoms with Crippen LogP contribution in [0.5, 0.6) is 5.75 Å². The molecule has 1 saturated heterocycles. The zero-order valence-electron chi connectivity index (χ0n) is 12.7. The van der Waals surface area contributed by atoms with E-state index in [-0.39, 0.29) is 0 Å². The highest BCUT2D eigenvalue weighted by atomic mass is 16.5. The number of methoxy groups -OCH3 is 1. The third-order valence-corrected chi connectivity index (χ3v) is 3.65. The van der Waals surface area contributed by atoms with E-state index < -0.39 is 0 Å². The Morgan fingerprint density at radius 2 is 2.00 bits per heavy atom. The molecule has 2 N–H and O–H groups in total. The Bertz CT molecular complexity index is 642. The normalized spacial score (nSPS) is 14.9. The monoisotopic (exact) mass is 300 g/mol. The lowest BCUT2D eigenvalue weighted by atomic mass is 10.1. The molecule has 0 unspecified atom stereocenters. The van der Waals surface area contributed by atoms with Gasteiger partial charge in [-0.3, -0.25) is 0 Å².